The number of halogens is 1. The highest BCUT2D eigenvalue weighted by atomic mass is 19.1. The van der Waals surface area contributed by atoms with E-state index in [2.05, 4.69) is 10.1 Å². The highest BCUT2D eigenvalue weighted by Crippen LogP contribution is 2.31. The fourth-order valence-corrected chi connectivity index (χ4v) is 2.51. The second kappa shape index (κ2) is 6.09. The molecule has 2 rings (SSSR count). The summed E-state index contributed by atoms with van der Waals surface area (Å²) in [6.45, 7) is 2.73. The van der Waals surface area contributed by atoms with Crippen molar-refractivity contribution in [3.05, 3.63) is 29.6 Å². The fraction of sp³-hybridized carbons (Fsp3) is 0.500. The van der Waals surface area contributed by atoms with Crippen LogP contribution < -0.4 is 10.2 Å². The van der Waals surface area contributed by atoms with Crippen LogP contribution in [-0.2, 0) is 4.74 Å². The Hall–Kier alpha value is -1.82. The summed E-state index contributed by atoms with van der Waals surface area (Å²) in [7, 11) is 1.31. The minimum atomic E-state index is -0.742. The van der Waals surface area contributed by atoms with Crippen molar-refractivity contribution in [1.82, 2.24) is 5.32 Å². The number of carbonyl (C=O) groups excluding carboxylic acids is 1. The van der Waals surface area contributed by atoms with Gasteiger partial charge in [0, 0.05) is 18.7 Å². The van der Waals surface area contributed by atoms with E-state index in [4.69, 9.17) is 0 Å². The molecule has 1 aliphatic heterocycles. The van der Waals surface area contributed by atoms with Crippen molar-refractivity contribution >= 4 is 11.8 Å². The van der Waals surface area contributed by atoms with E-state index in [9.17, 15) is 14.3 Å². The van der Waals surface area contributed by atoms with Gasteiger partial charge in [-0.05, 0) is 19.4 Å². The van der Waals surface area contributed by atoms with E-state index in [0.717, 1.165) is 0 Å². The summed E-state index contributed by atoms with van der Waals surface area (Å²) in [5.74, 6) is -0.359. The molecule has 1 aromatic carbocycles. The molecule has 0 radical (unpaired) electrons. The van der Waals surface area contributed by atoms with Gasteiger partial charge in [0.15, 0.2) is 0 Å². The molecule has 1 aromatic rings. The van der Waals surface area contributed by atoms with E-state index < -0.39 is 12.2 Å². The molecule has 0 aromatic heterocycles. The molecule has 1 unspecified atom stereocenters. The molecular formula is C14H19FN2O3. The smallest absolute Gasteiger partial charge is 0.407 e. The molecule has 2 N–H and O–H groups in total. The number of hydrogen-bond donors (Lipinski definition) is 2. The number of hydrogen-bond acceptors (Lipinski definition) is 4. The lowest BCUT2D eigenvalue weighted by Crippen LogP contribution is -2.37. The lowest BCUT2D eigenvalue weighted by atomic mass is 10.1. The normalized spacial score (nSPS) is 19.8. The second-order valence-electron chi connectivity index (χ2n) is 4.92. The van der Waals surface area contributed by atoms with E-state index in [1.807, 2.05) is 4.90 Å². The van der Waals surface area contributed by atoms with Gasteiger partial charge in [0.05, 0.1) is 24.9 Å². The lowest BCUT2D eigenvalue weighted by molar-refractivity contribution is 0.167. The van der Waals surface area contributed by atoms with Crippen LogP contribution in [0.1, 0.15) is 25.0 Å². The van der Waals surface area contributed by atoms with Gasteiger partial charge < -0.3 is 20.1 Å². The third-order valence-electron chi connectivity index (χ3n) is 3.48. The predicted molar refractivity (Wildman–Crippen MR) is 73.2 cm³/mol. The zero-order valence-corrected chi connectivity index (χ0v) is 11.6. The lowest BCUT2D eigenvalue weighted by Gasteiger charge is -2.24. The van der Waals surface area contributed by atoms with Crippen molar-refractivity contribution in [3.63, 3.8) is 0 Å². The molecule has 1 fully saturated rings. The monoisotopic (exact) mass is 282 g/mol. The predicted octanol–water partition coefficient (Wildman–Crippen LogP) is 1.81. The number of ether oxygens (including phenoxy) is 1. The van der Waals surface area contributed by atoms with Crippen LogP contribution in [0.15, 0.2) is 18.2 Å². The van der Waals surface area contributed by atoms with Gasteiger partial charge in [-0.1, -0.05) is 12.1 Å². The Bertz CT molecular complexity index is 493. The molecule has 6 heteroatoms. The molecule has 1 amide bonds. The fourth-order valence-electron chi connectivity index (χ4n) is 2.51. The molecule has 1 heterocycles. The number of rotatable bonds is 3. The Balaban J connectivity index is 2.16. The van der Waals surface area contributed by atoms with Gasteiger partial charge in [0.2, 0.25) is 0 Å². The van der Waals surface area contributed by atoms with E-state index in [0.29, 0.717) is 30.8 Å². The van der Waals surface area contributed by atoms with Gasteiger partial charge in [-0.25, -0.2) is 9.18 Å². The SMILES string of the molecule is COC(=O)NC1CCN(c2c(F)cccc2[C@H](C)O)C1. The zero-order valence-electron chi connectivity index (χ0n) is 11.6. The highest BCUT2D eigenvalue weighted by molar-refractivity contribution is 5.68. The van der Waals surface area contributed by atoms with Crippen LogP contribution in [0.2, 0.25) is 0 Å². The first-order valence-electron chi connectivity index (χ1n) is 6.58. The first kappa shape index (κ1) is 14.6. The molecule has 0 saturated carbocycles. The van der Waals surface area contributed by atoms with Gasteiger partial charge in [0.25, 0.3) is 0 Å². The summed E-state index contributed by atoms with van der Waals surface area (Å²) < 4.78 is 18.6. The van der Waals surface area contributed by atoms with Gasteiger partial charge in [-0.2, -0.15) is 0 Å². The second-order valence-corrected chi connectivity index (χ2v) is 4.92. The van der Waals surface area contributed by atoms with Crippen molar-refractivity contribution in [2.24, 2.45) is 0 Å². The van der Waals surface area contributed by atoms with Crippen molar-refractivity contribution in [2.75, 3.05) is 25.1 Å². The molecule has 0 spiro atoms. The summed E-state index contributed by atoms with van der Waals surface area (Å²) in [6.07, 6.45) is -0.516. The number of alkyl carbamates (subject to hydrolysis) is 1. The van der Waals surface area contributed by atoms with Crippen molar-refractivity contribution in [3.8, 4) is 0 Å². The molecular weight excluding hydrogens is 263 g/mol. The number of aliphatic hydroxyl groups excluding tert-OH is 1. The van der Waals surface area contributed by atoms with Gasteiger partial charge in [-0.15, -0.1) is 0 Å². The van der Waals surface area contributed by atoms with Crippen molar-refractivity contribution < 1.29 is 19.0 Å². The zero-order chi connectivity index (χ0) is 14.7. The van der Waals surface area contributed by atoms with Gasteiger partial charge >= 0.3 is 6.09 Å². The van der Waals surface area contributed by atoms with E-state index in [1.54, 1.807) is 19.1 Å². The molecule has 20 heavy (non-hydrogen) atoms. The van der Waals surface area contributed by atoms with Crippen LogP contribution in [-0.4, -0.2) is 37.4 Å². The summed E-state index contributed by atoms with van der Waals surface area (Å²) in [5.41, 5.74) is 0.973. The van der Waals surface area contributed by atoms with E-state index >= 15 is 0 Å². The maximum atomic E-state index is 14.1. The van der Waals surface area contributed by atoms with Crippen LogP contribution in [0.25, 0.3) is 0 Å². The summed E-state index contributed by atoms with van der Waals surface area (Å²) in [5, 5.41) is 12.5. The Morgan fingerprint density at radius 2 is 2.35 bits per heavy atom. The van der Waals surface area contributed by atoms with E-state index in [1.165, 1.54) is 13.2 Å². The topological polar surface area (TPSA) is 61.8 Å². The Kier molecular flexibility index (Phi) is 4.44. The van der Waals surface area contributed by atoms with Crippen LogP contribution in [0.5, 0.6) is 0 Å². The first-order valence-corrected chi connectivity index (χ1v) is 6.58. The maximum Gasteiger partial charge on any atom is 0.407 e. The standard InChI is InChI=1S/C14H19FN2O3/c1-9(18)11-4-3-5-12(15)13(11)17-7-6-10(8-17)16-14(19)20-2/h3-5,9-10,18H,6-8H2,1-2H3,(H,16,19)/t9-,10?/m0/s1. The average molecular weight is 282 g/mol. The minimum absolute atomic E-state index is 0.0797. The van der Waals surface area contributed by atoms with Crippen molar-refractivity contribution in [1.29, 1.82) is 0 Å². The summed E-state index contributed by atoms with van der Waals surface area (Å²) in [6, 6.07) is 4.59. The van der Waals surface area contributed by atoms with Crippen LogP contribution in [0.3, 0.4) is 0 Å². The molecule has 0 aliphatic carbocycles. The molecule has 1 saturated heterocycles. The van der Waals surface area contributed by atoms with E-state index in [-0.39, 0.29) is 11.9 Å². The summed E-state index contributed by atoms with van der Waals surface area (Å²) >= 11 is 0. The Labute approximate surface area is 117 Å². The number of nitrogens with one attached hydrogen (secondary N) is 1. The maximum absolute atomic E-state index is 14.1. The average Bonchev–Trinajstić information content (AvgIpc) is 2.86. The molecule has 5 nitrogen and oxygen atoms in total. The third-order valence-corrected chi connectivity index (χ3v) is 3.48. The number of aliphatic hydroxyl groups is 1. The molecule has 2 atom stereocenters. The quantitative estimate of drug-likeness (QED) is 0.887. The van der Waals surface area contributed by atoms with Crippen LogP contribution in [0, 0.1) is 5.82 Å². The third kappa shape index (κ3) is 3.01. The Morgan fingerprint density at radius 1 is 1.60 bits per heavy atom. The van der Waals surface area contributed by atoms with Gasteiger partial charge in [0.1, 0.15) is 5.82 Å². The highest BCUT2D eigenvalue weighted by Gasteiger charge is 2.28. The number of nitrogens with zero attached hydrogens (tertiary/aromatic N) is 1. The number of amides is 1. The summed E-state index contributed by atoms with van der Waals surface area (Å²) in [4.78, 5) is 13.0. The number of para-hydroxylation sites is 1. The Morgan fingerprint density at radius 3 is 3.00 bits per heavy atom. The van der Waals surface area contributed by atoms with Crippen LogP contribution in [0.4, 0.5) is 14.9 Å². The van der Waals surface area contributed by atoms with Gasteiger partial charge in [-0.3, -0.25) is 0 Å². The number of benzene rings is 1. The van der Waals surface area contributed by atoms with Crippen molar-refractivity contribution in [2.45, 2.75) is 25.5 Å². The van der Waals surface area contributed by atoms with Crippen LogP contribution >= 0.6 is 0 Å². The number of anilines is 1. The first-order chi connectivity index (χ1) is 9.52. The molecule has 1 aliphatic rings. The number of carbonyl (C=O) groups is 1. The largest absolute Gasteiger partial charge is 0.453 e. The molecule has 0 bridgehead atoms. The minimum Gasteiger partial charge on any atom is -0.453 e. The molecule has 110 valence electrons. The number of methoxy groups -OCH3 is 1.